The van der Waals surface area contributed by atoms with Crippen molar-refractivity contribution >= 4 is 11.6 Å². The maximum atomic E-state index is 11.6. The van der Waals surface area contributed by atoms with E-state index in [0.717, 1.165) is 10.6 Å². The van der Waals surface area contributed by atoms with E-state index in [9.17, 15) is 19.8 Å². The number of H-pyrrole nitrogens is 1. The van der Waals surface area contributed by atoms with Crippen LogP contribution in [0.4, 0.5) is 0 Å². The van der Waals surface area contributed by atoms with Crippen molar-refractivity contribution in [3.05, 3.63) is 32.1 Å². The highest BCUT2D eigenvalue weighted by molar-refractivity contribution is 6.29. The molecule has 2 heterocycles. The van der Waals surface area contributed by atoms with Crippen molar-refractivity contribution < 1.29 is 20.1 Å². The van der Waals surface area contributed by atoms with E-state index >= 15 is 0 Å². The molecule has 0 saturated carbocycles. The molecule has 0 aliphatic carbocycles. The fraction of sp³-hybridized carbons (Fsp3) is 0.556. The van der Waals surface area contributed by atoms with Gasteiger partial charge in [0.05, 0.1) is 6.61 Å². The number of aromatic amines is 1. The Kier molecular flexibility index (Phi) is 3.55. The Bertz CT molecular complexity index is 555. The van der Waals surface area contributed by atoms with Gasteiger partial charge in [0.1, 0.15) is 23.5 Å². The summed E-state index contributed by atoms with van der Waals surface area (Å²) in [6, 6.07) is 0.942. The second kappa shape index (κ2) is 4.82. The van der Waals surface area contributed by atoms with Gasteiger partial charge in [-0.2, -0.15) is 0 Å². The number of nitrogens with zero attached hydrogens (tertiary/aromatic N) is 1. The van der Waals surface area contributed by atoms with Gasteiger partial charge in [0, 0.05) is 6.07 Å². The van der Waals surface area contributed by atoms with Gasteiger partial charge in [-0.3, -0.25) is 14.3 Å². The Morgan fingerprint density at radius 1 is 1.39 bits per heavy atom. The van der Waals surface area contributed by atoms with Gasteiger partial charge in [0.15, 0.2) is 6.23 Å². The monoisotopic (exact) mass is 278 g/mol. The minimum atomic E-state index is -1.44. The zero-order valence-electron chi connectivity index (χ0n) is 8.99. The zero-order chi connectivity index (χ0) is 13.4. The summed E-state index contributed by atoms with van der Waals surface area (Å²) in [5, 5.41) is 28.0. The van der Waals surface area contributed by atoms with Crippen LogP contribution in [0.15, 0.2) is 15.7 Å². The predicted molar refractivity (Wildman–Crippen MR) is 59.3 cm³/mol. The third-order valence-corrected chi connectivity index (χ3v) is 2.99. The molecule has 0 radical (unpaired) electrons. The van der Waals surface area contributed by atoms with Gasteiger partial charge in [0.2, 0.25) is 0 Å². The lowest BCUT2D eigenvalue weighted by Gasteiger charge is -2.18. The lowest BCUT2D eigenvalue weighted by molar-refractivity contribution is -0.0548. The van der Waals surface area contributed by atoms with Crippen LogP contribution < -0.4 is 11.2 Å². The quantitative estimate of drug-likeness (QED) is 0.455. The van der Waals surface area contributed by atoms with Crippen molar-refractivity contribution in [2.24, 2.45) is 0 Å². The lowest BCUT2D eigenvalue weighted by Crippen LogP contribution is -2.38. The highest BCUT2D eigenvalue weighted by Crippen LogP contribution is 2.29. The molecule has 1 saturated heterocycles. The summed E-state index contributed by atoms with van der Waals surface area (Å²) in [5.41, 5.74) is -1.56. The molecular weight excluding hydrogens is 268 g/mol. The van der Waals surface area contributed by atoms with Gasteiger partial charge in [-0.15, -0.1) is 0 Å². The number of hydrogen-bond donors (Lipinski definition) is 4. The molecule has 1 aromatic rings. The molecule has 0 spiro atoms. The van der Waals surface area contributed by atoms with Crippen LogP contribution in [-0.4, -0.2) is 49.8 Å². The molecule has 1 aliphatic rings. The van der Waals surface area contributed by atoms with Crippen LogP contribution in [0.2, 0.25) is 5.15 Å². The fourth-order valence-electron chi connectivity index (χ4n) is 1.81. The minimum absolute atomic E-state index is 0.237. The third kappa shape index (κ3) is 2.08. The molecule has 1 fully saturated rings. The van der Waals surface area contributed by atoms with Gasteiger partial charge in [-0.25, -0.2) is 4.79 Å². The van der Waals surface area contributed by atoms with Crippen LogP contribution in [0.5, 0.6) is 0 Å². The second-order valence-corrected chi connectivity index (χ2v) is 4.25. The Labute approximate surface area is 105 Å². The normalized spacial score (nSPS) is 31.8. The Hall–Kier alpha value is -1.19. The van der Waals surface area contributed by atoms with E-state index in [1.807, 2.05) is 4.98 Å². The molecule has 100 valence electrons. The average molecular weight is 279 g/mol. The maximum absolute atomic E-state index is 11.6. The standard InChI is InChI=1S/C9H11ClN2O6/c10-4-1-5(14)11-9(17)12(4)8-7(16)6(15)3(2-13)18-8/h1,3,6-8,13,15-16H,2H2,(H,11,14,17)/t3-,6-,7-,8-/m1/s1. The largest absolute Gasteiger partial charge is 0.394 e. The summed E-state index contributed by atoms with van der Waals surface area (Å²) in [6.45, 7) is -0.523. The van der Waals surface area contributed by atoms with Gasteiger partial charge in [-0.05, 0) is 0 Å². The minimum Gasteiger partial charge on any atom is -0.394 e. The molecule has 1 aromatic heterocycles. The van der Waals surface area contributed by atoms with Crippen molar-refractivity contribution in [2.75, 3.05) is 6.61 Å². The summed E-state index contributed by atoms with van der Waals surface area (Å²) < 4.78 is 5.93. The molecular formula is C9H11ClN2O6. The summed E-state index contributed by atoms with van der Waals surface area (Å²) in [7, 11) is 0. The van der Waals surface area contributed by atoms with Crippen LogP contribution in [0.3, 0.4) is 0 Å². The Morgan fingerprint density at radius 3 is 2.56 bits per heavy atom. The summed E-state index contributed by atoms with van der Waals surface area (Å²) in [4.78, 5) is 24.5. The number of ether oxygens (including phenoxy) is 1. The number of nitrogens with one attached hydrogen (secondary N) is 1. The van der Waals surface area contributed by atoms with Crippen molar-refractivity contribution in [3.8, 4) is 0 Å². The first-order valence-corrected chi connectivity index (χ1v) is 5.47. The first-order chi connectivity index (χ1) is 8.45. The lowest BCUT2D eigenvalue weighted by atomic mass is 10.1. The molecule has 1 aliphatic heterocycles. The first-order valence-electron chi connectivity index (χ1n) is 5.09. The van der Waals surface area contributed by atoms with Gasteiger partial charge < -0.3 is 20.1 Å². The van der Waals surface area contributed by atoms with Crippen molar-refractivity contribution in [1.29, 1.82) is 0 Å². The molecule has 4 atom stereocenters. The van der Waals surface area contributed by atoms with E-state index in [2.05, 4.69) is 0 Å². The second-order valence-electron chi connectivity index (χ2n) is 3.86. The van der Waals surface area contributed by atoms with Crippen LogP contribution >= 0.6 is 11.6 Å². The van der Waals surface area contributed by atoms with Crippen LogP contribution in [0.25, 0.3) is 0 Å². The highest BCUT2D eigenvalue weighted by atomic mass is 35.5. The van der Waals surface area contributed by atoms with Crippen LogP contribution in [-0.2, 0) is 4.74 Å². The van der Waals surface area contributed by atoms with Gasteiger partial charge in [0.25, 0.3) is 5.56 Å². The molecule has 18 heavy (non-hydrogen) atoms. The topological polar surface area (TPSA) is 125 Å². The van der Waals surface area contributed by atoms with Crippen molar-refractivity contribution in [1.82, 2.24) is 9.55 Å². The van der Waals surface area contributed by atoms with E-state index in [-0.39, 0.29) is 5.15 Å². The molecule has 0 bridgehead atoms. The van der Waals surface area contributed by atoms with E-state index < -0.39 is 42.4 Å². The molecule has 0 aromatic carbocycles. The van der Waals surface area contributed by atoms with Crippen molar-refractivity contribution in [3.63, 3.8) is 0 Å². The maximum Gasteiger partial charge on any atom is 0.331 e. The molecule has 0 amide bonds. The van der Waals surface area contributed by atoms with E-state index in [1.54, 1.807) is 0 Å². The number of aromatic nitrogens is 2. The predicted octanol–water partition coefficient (Wildman–Crippen LogP) is -2.20. The van der Waals surface area contributed by atoms with Crippen LogP contribution in [0, 0.1) is 0 Å². The number of hydrogen-bond acceptors (Lipinski definition) is 6. The number of aliphatic hydroxyl groups is 3. The summed E-state index contributed by atoms with van der Waals surface area (Å²) in [5.74, 6) is 0. The Balaban J connectivity index is 2.45. The molecule has 0 unspecified atom stereocenters. The zero-order valence-corrected chi connectivity index (χ0v) is 9.74. The third-order valence-electron chi connectivity index (χ3n) is 2.70. The number of aliphatic hydroxyl groups excluding tert-OH is 3. The molecule has 4 N–H and O–H groups in total. The summed E-state index contributed by atoms with van der Waals surface area (Å²) >= 11 is 5.73. The highest BCUT2D eigenvalue weighted by Gasteiger charge is 2.44. The molecule has 9 heteroatoms. The average Bonchev–Trinajstić information content (AvgIpc) is 2.56. The van der Waals surface area contributed by atoms with Crippen LogP contribution in [0.1, 0.15) is 6.23 Å². The summed E-state index contributed by atoms with van der Waals surface area (Å²) in [6.07, 6.45) is -5.09. The molecule has 2 rings (SSSR count). The fourth-order valence-corrected chi connectivity index (χ4v) is 2.08. The van der Waals surface area contributed by atoms with E-state index in [1.165, 1.54) is 0 Å². The van der Waals surface area contributed by atoms with Gasteiger partial charge >= 0.3 is 5.69 Å². The van der Waals surface area contributed by atoms with E-state index in [4.69, 9.17) is 21.4 Å². The van der Waals surface area contributed by atoms with E-state index in [0.29, 0.717) is 0 Å². The van der Waals surface area contributed by atoms with Gasteiger partial charge in [-0.1, -0.05) is 11.6 Å². The number of rotatable bonds is 2. The smallest absolute Gasteiger partial charge is 0.331 e. The van der Waals surface area contributed by atoms with Crippen molar-refractivity contribution in [2.45, 2.75) is 24.5 Å². The SMILES string of the molecule is O=c1cc(Cl)n([C@@H]2O[C@H](CO)[C@@H](O)[C@H]2O)c(=O)[nH]1. The molecule has 8 nitrogen and oxygen atoms in total. The number of halogens is 1. The Morgan fingerprint density at radius 2 is 2.06 bits per heavy atom. The first kappa shape index (κ1) is 13.2.